The van der Waals surface area contributed by atoms with Crippen LogP contribution < -0.4 is 10.0 Å². The summed E-state index contributed by atoms with van der Waals surface area (Å²) in [5, 5.41) is 11.2. The molecule has 0 saturated heterocycles. The van der Waals surface area contributed by atoms with Crippen LogP contribution in [0.3, 0.4) is 0 Å². The van der Waals surface area contributed by atoms with E-state index < -0.39 is 10.0 Å². The second-order valence-electron chi connectivity index (χ2n) is 8.91. The smallest absolute Gasteiger partial charge is 0.209 e. The van der Waals surface area contributed by atoms with Gasteiger partial charge in [-0.2, -0.15) is 5.10 Å². The number of pyridine rings is 2. The van der Waals surface area contributed by atoms with Gasteiger partial charge in [-0.25, -0.2) is 18.1 Å². The highest BCUT2D eigenvalue weighted by Crippen LogP contribution is 2.38. The van der Waals surface area contributed by atoms with E-state index in [1.165, 1.54) is 11.3 Å². The summed E-state index contributed by atoms with van der Waals surface area (Å²) in [5.41, 5.74) is 6.18. The zero-order valence-corrected chi connectivity index (χ0v) is 18.9. The average Bonchev–Trinajstić information content (AvgIpc) is 3.13. The predicted molar refractivity (Wildman–Crippen MR) is 121 cm³/mol. The normalized spacial score (nSPS) is 15.5. The minimum atomic E-state index is -3.32. The highest BCUT2D eigenvalue weighted by atomic mass is 32.2. The maximum atomic E-state index is 11.6. The fourth-order valence-electron chi connectivity index (χ4n) is 3.89. The van der Waals surface area contributed by atoms with Crippen molar-refractivity contribution in [1.29, 1.82) is 0 Å². The number of aromatic amines is 1. The number of aromatic nitrogens is 4. The van der Waals surface area contributed by atoms with Crippen LogP contribution in [0.15, 0.2) is 36.7 Å². The van der Waals surface area contributed by atoms with Crippen LogP contribution in [0.2, 0.25) is 0 Å². The van der Waals surface area contributed by atoms with Crippen molar-refractivity contribution in [2.75, 3.05) is 11.6 Å². The summed E-state index contributed by atoms with van der Waals surface area (Å²) in [6.45, 7) is 5.24. The van der Waals surface area contributed by atoms with Crippen LogP contribution in [0.4, 0.5) is 5.82 Å². The minimum Gasteiger partial charge on any atom is -0.366 e. The molecule has 0 radical (unpaired) electrons. The lowest BCUT2D eigenvalue weighted by atomic mass is 9.76. The van der Waals surface area contributed by atoms with Gasteiger partial charge in [-0.1, -0.05) is 19.9 Å². The molecule has 4 rings (SSSR count). The topological polar surface area (TPSA) is 113 Å². The van der Waals surface area contributed by atoms with E-state index in [4.69, 9.17) is 0 Å². The fourth-order valence-corrected chi connectivity index (χ4v) is 4.30. The molecular formula is C22H28N6O2S. The van der Waals surface area contributed by atoms with Gasteiger partial charge >= 0.3 is 0 Å². The Balaban J connectivity index is 1.65. The Bertz CT molecular complexity index is 1170. The van der Waals surface area contributed by atoms with E-state index in [9.17, 15) is 8.42 Å². The number of fused-ring (bicyclic) bond motifs is 1. The van der Waals surface area contributed by atoms with Crippen molar-refractivity contribution in [3.05, 3.63) is 59.2 Å². The zero-order valence-electron chi connectivity index (χ0n) is 18.1. The fraction of sp³-hybridized carbons (Fsp3) is 0.409. The van der Waals surface area contributed by atoms with Crippen molar-refractivity contribution in [2.45, 2.75) is 46.2 Å². The average molecular weight is 441 g/mol. The molecule has 0 amide bonds. The number of nitrogens with zero attached hydrogens (tertiary/aromatic N) is 3. The number of nitrogens with one attached hydrogen (secondary N) is 3. The van der Waals surface area contributed by atoms with Crippen molar-refractivity contribution in [1.82, 2.24) is 24.9 Å². The first kappa shape index (κ1) is 21.5. The van der Waals surface area contributed by atoms with E-state index in [0.29, 0.717) is 18.1 Å². The third-order valence-corrected chi connectivity index (χ3v) is 6.19. The molecule has 0 saturated carbocycles. The van der Waals surface area contributed by atoms with Gasteiger partial charge in [-0.15, -0.1) is 0 Å². The standard InChI is InChI=1S/C22H28N6O2S/c1-22(2)7-6-18-19(11-22)27-28-21(18)16-9-17(14-25-31(3,29)30)26-20(10-16)24-13-15-5-4-8-23-12-15/h4-5,8-10,12,25H,6-7,11,13-14H2,1-3H3,(H,24,26)(H,27,28). The van der Waals surface area contributed by atoms with Gasteiger partial charge in [0.2, 0.25) is 10.0 Å². The number of anilines is 1. The molecule has 3 aromatic rings. The van der Waals surface area contributed by atoms with Gasteiger partial charge in [-0.3, -0.25) is 10.1 Å². The van der Waals surface area contributed by atoms with Crippen LogP contribution in [-0.4, -0.2) is 34.8 Å². The largest absolute Gasteiger partial charge is 0.366 e. The van der Waals surface area contributed by atoms with E-state index in [0.717, 1.165) is 42.3 Å². The quantitative estimate of drug-likeness (QED) is 0.521. The molecule has 3 aromatic heterocycles. The van der Waals surface area contributed by atoms with Gasteiger partial charge in [0.1, 0.15) is 5.82 Å². The first-order valence-corrected chi connectivity index (χ1v) is 12.2. The molecule has 1 aliphatic carbocycles. The summed E-state index contributed by atoms with van der Waals surface area (Å²) in [5.74, 6) is 0.666. The monoisotopic (exact) mass is 440 g/mol. The van der Waals surface area contributed by atoms with E-state index in [1.807, 2.05) is 24.3 Å². The third-order valence-electron chi connectivity index (χ3n) is 5.52. The molecule has 3 N–H and O–H groups in total. The van der Waals surface area contributed by atoms with Crippen LogP contribution in [-0.2, 0) is 36.0 Å². The molecule has 31 heavy (non-hydrogen) atoms. The Kier molecular flexibility index (Phi) is 5.81. The summed E-state index contributed by atoms with van der Waals surface area (Å²) >= 11 is 0. The lowest BCUT2D eigenvalue weighted by molar-refractivity contribution is 0.312. The molecule has 0 unspecified atom stereocenters. The Morgan fingerprint density at radius 1 is 1.23 bits per heavy atom. The summed E-state index contributed by atoms with van der Waals surface area (Å²) in [4.78, 5) is 8.74. The maximum absolute atomic E-state index is 11.6. The summed E-state index contributed by atoms with van der Waals surface area (Å²) in [6.07, 6.45) is 7.71. The molecule has 0 bridgehead atoms. The van der Waals surface area contributed by atoms with Gasteiger partial charge in [0.15, 0.2) is 0 Å². The van der Waals surface area contributed by atoms with Gasteiger partial charge in [0.25, 0.3) is 0 Å². The number of hydrogen-bond acceptors (Lipinski definition) is 6. The van der Waals surface area contributed by atoms with Crippen molar-refractivity contribution >= 4 is 15.8 Å². The second kappa shape index (κ2) is 8.39. The van der Waals surface area contributed by atoms with Gasteiger partial charge in [0, 0.05) is 35.8 Å². The lowest BCUT2D eigenvalue weighted by Crippen LogP contribution is -2.22. The van der Waals surface area contributed by atoms with Gasteiger partial charge in [-0.05, 0) is 48.4 Å². The van der Waals surface area contributed by atoms with Gasteiger partial charge < -0.3 is 5.32 Å². The molecular weight excluding hydrogens is 412 g/mol. The number of H-pyrrole nitrogens is 1. The SMILES string of the molecule is CC1(C)CCc2c(-c3cc(CNS(C)(=O)=O)nc(NCc4cccnc4)c3)n[nH]c2C1. The van der Waals surface area contributed by atoms with E-state index >= 15 is 0 Å². The van der Waals surface area contributed by atoms with Crippen LogP contribution >= 0.6 is 0 Å². The summed E-state index contributed by atoms with van der Waals surface area (Å²) < 4.78 is 25.7. The van der Waals surface area contributed by atoms with E-state index in [-0.39, 0.29) is 12.0 Å². The lowest BCUT2D eigenvalue weighted by Gasteiger charge is -2.29. The maximum Gasteiger partial charge on any atom is 0.209 e. The Morgan fingerprint density at radius 3 is 2.81 bits per heavy atom. The Hall–Kier alpha value is -2.78. The first-order chi connectivity index (χ1) is 14.7. The first-order valence-electron chi connectivity index (χ1n) is 10.3. The van der Waals surface area contributed by atoms with Crippen LogP contribution in [0.5, 0.6) is 0 Å². The molecule has 1 aliphatic rings. The molecule has 8 nitrogen and oxygen atoms in total. The summed E-state index contributed by atoms with van der Waals surface area (Å²) in [7, 11) is -3.32. The van der Waals surface area contributed by atoms with E-state index in [1.54, 1.807) is 12.4 Å². The number of rotatable bonds is 7. The van der Waals surface area contributed by atoms with Crippen LogP contribution in [0, 0.1) is 5.41 Å². The molecule has 0 spiro atoms. The third kappa shape index (κ3) is 5.48. The highest BCUT2D eigenvalue weighted by molar-refractivity contribution is 7.88. The Labute approximate surface area is 183 Å². The Morgan fingerprint density at radius 2 is 2.06 bits per heavy atom. The predicted octanol–water partition coefficient (Wildman–Crippen LogP) is 3.04. The van der Waals surface area contributed by atoms with E-state index in [2.05, 4.69) is 44.1 Å². The number of hydrogen-bond donors (Lipinski definition) is 3. The van der Waals surface area contributed by atoms with Crippen molar-refractivity contribution < 1.29 is 8.42 Å². The molecule has 164 valence electrons. The highest BCUT2D eigenvalue weighted by Gasteiger charge is 2.29. The zero-order chi connectivity index (χ0) is 22.1. The van der Waals surface area contributed by atoms with Crippen molar-refractivity contribution in [3.63, 3.8) is 0 Å². The molecule has 0 atom stereocenters. The van der Waals surface area contributed by atoms with Crippen LogP contribution in [0.25, 0.3) is 11.3 Å². The summed E-state index contributed by atoms with van der Waals surface area (Å²) in [6, 6.07) is 7.75. The number of sulfonamides is 1. The van der Waals surface area contributed by atoms with Crippen LogP contribution in [0.1, 0.15) is 42.8 Å². The van der Waals surface area contributed by atoms with Crippen molar-refractivity contribution in [3.8, 4) is 11.3 Å². The molecule has 9 heteroatoms. The molecule has 3 heterocycles. The molecule has 0 fully saturated rings. The second-order valence-corrected chi connectivity index (χ2v) is 10.7. The molecule has 0 aliphatic heterocycles. The van der Waals surface area contributed by atoms with Gasteiger partial charge in [0.05, 0.1) is 24.2 Å². The van der Waals surface area contributed by atoms with Crippen molar-refractivity contribution in [2.24, 2.45) is 5.41 Å². The molecule has 0 aromatic carbocycles. The minimum absolute atomic E-state index is 0.119.